The summed E-state index contributed by atoms with van der Waals surface area (Å²) in [4.78, 5) is 12.2. The SMILES string of the molecule is N#CC1(NC(=O)C[NH+]2CCN(S(=O)(=O)c3c(F)cccc3F)CC2)CCCC1. The van der Waals surface area contributed by atoms with Gasteiger partial charge in [-0.25, -0.2) is 17.2 Å². The number of nitrogens with one attached hydrogen (secondary N) is 2. The van der Waals surface area contributed by atoms with Crippen LogP contribution in [0.1, 0.15) is 25.7 Å². The lowest BCUT2D eigenvalue weighted by Crippen LogP contribution is -3.16. The van der Waals surface area contributed by atoms with Crippen molar-refractivity contribution in [2.24, 2.45) is 0 Å². The topological polar surface area (TPSA) is 94.7 Å². The number of nitrogens with zero attached hydrogens (tertiary/aromatic N) is 2. The zero-order chi connectivity index (χ0) is 20.4. The van der Waals surface area contributed by atoms with Gasteiger partial charge in [0.05, 0.1) is 32.2 Å². The van der Waals surface area contributed by atoms with Gasteiger partial charge in [-0.3, -0.25) is 4.79 Å². The summed E-state index contributed by atoms with van der Waals surface area (Å²) in [7, 11) is -4.28. The molecule has 2 aliphatic rings. The molecule has 1 saturated carbocycles. The molecule has 0 spiro atoms. The molecule has 0 radical (unpaired) electrons. The molecular weight excluding hydrogens is 390 g/mol. The number of quaternary nitrogens is 1. The molecule has 3 rings (SSSR count). The van der Waals surface area contributed by atoms with Crippen LogP contribution >= 0.6 is 0 Å². The molecule has 10 heteroatoms. The molecular formula is C18H23F2N4O3S+. The minimum atomic E-state index is -4.28. The summed E-state index contributed by atoms with van der Waals surface area (Å²) >= 11 is 0. The van der Waals surface area contributed by atoms with Crippen LogP contribution in [0.15, 0.2) is 23.1 Å². The number of rotatable bonds is 5. The standard InChI is InChI=1S/C18H22F2N4O3S/c19-14-4-3-5-15(20)17(14)28(26,27)24-10-8-23(9-11-24)12-16(25)22-18(13-21)6-1-2-7-18/h3-5H,1-2,6-12H2,(H,22,25)/p+1. The predicted octanol–water partition coefficient (Wildman–Crippen LogP) is -0.193. The first-order valence-electron chi connectivity index (χ1n) is 9.27. The first-order chi connectivity index (χ1) is 13.3. The summed E-state index contributed by atoms with van der Waals surface area (Å²) in [5.41, 5.74) is -0.788. The Morgan fingerprint density at radius 2 is 1.79 bits per heavy atom. The molecule has 0 atom stereocenters. The van der Waals surface area contributed by atoms with Crippen LogP contribution in [0.5, 0.6) is 0 Å². The van der Waals surface area contributed by atoms with Gasteiger partial charge in [0.2, 0.25) is 10.0 Å². The fourth-order valence-electron chi connectivity index (χ4n) is 3.86. The van der Waals surface area contributed by atoms with Crippen molar-refractivity contribution in [3.8, 4) is 6.07 Å². The number of hydrogen-bond acceptors (Lipinski definition) is 4. The van der Waals surface area contributed by atoms with Gasteiger partial charge in [0.25, 0.3) is 5.91 Å². The van der Waals surface area contributed by atoms with E-state index in [2.05, 4.69) is 11.4 Å². The number of halogens is 2. The van der Waals surface area contributed by atoms with Gasteiger partial charge < -0.3 is 10.2 Å². The van der Waals surface area contributed by atoms with E-state index in [0.29, 0.717) is 25.9 Å². The summed E-state index contributed by atoms with van der Waals surface area (Å²) in [5.74, 6) is -2.48. The number of carbonyl (C=O) groups is 1. The highest BCUT2D eigenvalue weighted by Crippen LogP contribution is 2.28. The highest BCUT2D eigenvalue weighted by molar-refractivity contribution is 7.89. The molecule has 0 bridgehead atoms. The Hall–Kier alpha value is -2.09. The Labute approximate surface area is 163 Å². The highest BCUT2D eigenvalue weighted by atomic mass is 32.2. The highest BCUT2D eigenvalue weighted by Gasteiger charge is 2.38. The Bertz CT molecular complexity index is 866. The Morgan fingerprint density at radius 1 is 1.21 bits per heavy atom. The lowest BCUT2D eigenvalue weighted by Gasteiger charge is -2.32. The third-order valence-electron chi connectivity index (χ3n) is 5.41. The van der Waals surface area contributed by atoms with E-state index in [4.69, 9.17) is 0 Å². The van der Waals surface area contributed by atoms with Gasteiger partial charge in [0.1, 0.15) is 17.2 Å². The number of nitriles is 1. The molecule has 1 aliphatic carbocycles. The van der Waals surface area contributed by atoms with Crippen LogP contribution in [0.3, 0.4) is 0 Å². The maximum Gasteiger partial charge on any atom is 0.276 e. The Balaban J connectivity index is 1.59. The third-order valence-corrected chi connectivity index (χ3v) is 7.36. The van der Waals surface area contributed by atoms with Crippen LogP contribution in [0.25, 0.3) is 0 Å². The lowest BCUT2D eigenvalue weighted by atomic mass is 10.00. The zero-order valence-corrected chi connectivity index (χ0v) is 16.2. The van der Waals surface area contributed by atoms with E-state index in [-0.39, 0.29) is 25.5 Å². The fourth-order valence-corrected chi connectivity index (χ4v) is 5.41. The first-order valence-corrected chi connectivity index (χ1v) is 10.7. The van der Waals surface area contributed by atoms with Crippen LogP contribution in [-0.2, 0) is 14.8 Å². The molecule has 2 fully saturated rings. The third kappa shape index (κ3) is 4.16. The normalized spacial score (nSPS) is 20.6. The molecule has 0 unspecified atom stereocenters. The number of amides is 1. The van der Waals surface area contributed by atoms with Gasteiger partial charge in [-0.2, -0.15) is 9.57 Å². The molecule has 1 saturated heterocycles. The maximum atomic E-state index is 13.9. The number of hydrogen-bond donors (Lipinski definition) is 2. The summed E-state index contributed by atoms with van der Waals surface area (Å²) in [6.45, 7) is 0.917. The van der Waals surface area contributed by atoms with Gasteiger partial charge in [0.15, 0.2) is 11.4 Å². The first kappa shape index (κ1) is 20.6. The second-order valence-corrected chi connectivity index (χ2v) is 9.21. The summed E-state index contributed by atoms with van der Waals surface area (Å²) in [5, 5.41) is 12.2. The maximum absolute atomic E-state index is 13.9. The molecule has 152 valence electrons. The van der Waals surface area contributed by atoms with Crippen LogP contribution in [-0.4, -0.2) is 56.9 Å². The number of piperazine rings is 1. The minimum Gasteiger partial charge on any atom is -0.333 e. The minimum absolute atomic E-state index is 0.0577. The second kappa shape index (κ2) is 8.11. The van der Waals surface area contributed by atoms with Crippen molar-refractivity contribution in [1.82, 2.24) is 9.62 Å². The molecule has 2 N–H and O–H groups in total. The van der Waals surface area contributed by atoms with Crippen molar-refractivity contribution in [2.75, 3.05) is 32.7 Å². The number of carbonyl (C=O) groups excluding carboxylic acids is 1. The van der Waals surface area contributed by atoms with E-state index in [1.165, 1.54) is 0 Å². The monoisotopic (exact) mass is 413 g/mol. The molecule has 7 nitrogen and oxygen atoms in total. The summed E-state index contributed by atoms with van der Waals surface area (Å²) in [6, 6.07) is 5.14. The van der Waals surface area contributed by atoms with Crippen LogP contribution in [0, 0.1) is 23.0 Å². The second-order valence-electron chi connectivity index (χ2n) is 7.33. The van der Waals surface area contributed by atoms with Crippen molar-refractivity contribution < 1.29 is 26.9 Å². The van der Waals surface area contributed by atoms with E-state index < -0.39 is 32.1 Å². The van der Waals surface area contributed by atoms with E-state index >= 15 is 0 Å². The number of benzene rings is 1. The predicted molar refractivity (Wildman–Crippen MR) is 95.6 cm³/mol. The van der Waals surface area contributed by atoms with Crippen molar-refractivity contribution in [2.45, 2.75) is 36.1 Å². The lowest BCUT2D eigenvalue weighted by molar-refractivity contribution is -0.895. The Kier molecular flexibility index (Phi) is 5.98. The zero-order valence-electron chi connectivity index (χ0n) is 15.4. The van der Waals surface area contributed by atoms with Gasteiger partial charge in [-0.05, 0) is 37.8 Å². The largest absolute Gasteiger partial charge is 0.333 e. The van der Waals surface area contributed by atoms with Crippen LogP contribution in [0.4, 0.5) is 8.78 Å². The van der Waals surface area contributed by atoms with E-state index in [1.807, 2.05) is 0 Å². The molecule has 1 aromatic carbocycles. The smallest absolute Gasteiger partial charge is 0.276 e. The summed E-state index contributed by atoms with van der Waals surface area (Å²) < 4.78 is 54.0. The van der Waals surface area contributed by atoms with Gasteiger partial charge in [-0.1, -0.05) is 6.07 Å². The van der Waals surface area contributed by atoms with Crippen molar-refractivity contribution in [3.05, 3.63) is 29.8 Å². The molecule has 28 heavy (non-hydrogen) atoms. The average molecular weight is 413 g/mol. The molecule has 1 aliphatic heterocycles. The van der Waals surface area contributed by atoms with Gasteiger partial charge in [-0.15, -0.1) is 0 Å². The molecule has 1 heterocycles. The van der Waals surface area contributed by atoms with Crippen molar-refractivity contribution >= 4 is 15.9 Å². The van der Waals surface area contributed by atoms with Crippen LogP contribution in [0.2, 0.25) is 0 Å². The number of sulfonamides is 1. The van der Waals surface area contributed by atoms with E-state index in [0.717, 1.165) is 40.2 Å². The average Bonchev–Trinajstić information content (AvgIpc) is 3.10. The van der Waals surface area contributed by atoms with E-state index in [9.17, 15) is 27.3 Å². The van der Waals surface area contributed by atoms with E-state index in [1.54, 1.807) is 0 Å². The molecule has 0 aromatic heterocycles. The van der Waals surface area contributed by atoms with Crippen LogP contribution < -0.4 is 10.2 Å². The molecule has 1 amide bonds. The quantitative estimate of drug-likeness (QED) is 0.700. The van der Waals surface area contributed by atoms with Crippen molar-refractivity contribution in [3.63, 3.8) is 0 Å². The fraction of sp³-hybridized carbons (Fsp3) is 0.556. The van der Waals surface area contributed by atoms with Gasteiger partial charge >= 0.3 is 0 Å². The Morgan fingerprint density at radius 3 is 2.32 bits per heavy atom. The molecule has 1 aromatic rings. The van der Waals surface area contributed by atoms with Gasteiger partial charge in [0, 0.05) is 0 Å². The summed E-state index contributed by atoms with van der Waals surface area (Å²) in [6.07, 6.45) is 3.10. The van der Waals surface area contributed by atoms with Crippen molar-refractivity contribution in [1.29, 1.82) is 5.26 Å².